The Morgan fingerprint density at radius 3 is 2.31 bits per heavy atom. The minimum absolute atomic E-state index is 0.295. The number of carbonyl (C=O) groups excluding carboxylic acids is 1. The van der Waals surface area contributed by atoms with Crippen molar-refractivity contribution < 1.29 is 9.53 Å². The van der Waals surface area contributed by atoms with Crippen molar-refractivity contribution in [3.63, 3.8) is 0 Å². The van der Waals surface area contributed by atoms with E-state index >= 15 is 0 Å². The number of ketones is 1. The van der Waals surface area contributed by atoms with Crippen LogP contribution in [0.3, 0.4) is 0 Å². The molecule has 0 spiro atoms. The first-order chi connectivity index (χ1) is 14.1. The van der Waals surface area contributed by atoms with Crippen LogP contribution in [0, 0.1) is 5.41 Å². The fraction of sp³-hybridized carbons (Fsp3) is 0.500. The van der Waals surface area contributed by atoms with Crippen LogP contribution in [0.1, 0.15) is 56.1 Å². The molecule has 1 heterocycles. The molecule has 0 unspecified atom stereocenters. The first-order valence-electron chi connectivity index (χ1n) is 11.1. The lowest BCUT2D eigenvalue weighted by molar-refractivity contribution is -0.140. The summed E-state index contributed by atoms with van der Waals surface area (Å²) >= 11 is 0. The summed E-state index contributed by atoms with van der Waals surface area (Å²) in [7, 11) is 0. The monoisotopic (exact) mass is 391 g/mol. The van der Waals surface area contributed by atoms with Crippen LogP contribution < -0.4 is 0 Å². The number of hydrogen-bond donors (Lipinski definition) is 0. The molecule has 4 rings (SSSR count). The van der Waals surface area contributed by atoms with E-state index in [9.17, 15) is 4.79 Å². The van der Waals surface area contributed by atoms with Gasteiger partial charge in [-0.25, -0.2) is 0 Å². The first-order valence-corrected chi connectivity index (χ1v) is 11.1. The van der Waals surface area contributed by atoms with Crippen molar-refractivity contribution in [3.05, 3.63) is 71.8 Å². The summed E-state index contributed by atoms with van der Waals surface area (Å²) in [5, 5.41) is 0. The number of Topliss-reactive ketones (excluding diaryl/α,β-unsaturated/α-hetero) is 1. The Morgan fingerprint density at radius 2 is 1.62 bits per heavy atom. The lowest BCUT2D eigenvalue weighted by Gasteiger charge is -2.40. The number of ether oxygens (including phenoxy) is 1. The van der Waals surface area contributed by atoms with E-state index in [4.69, 9.17) is 4.74 Å². The van der Waals surface area contributed by atoms with Gasteiger partial charge in [-0.15, -0.1) is 0 Å². The van der Waals surface area contributed by atoms with Crippen LogP contribution in [0.25, 0.3) is 0 Å². The van der Waals surface area contributed by atoms with E-state index in [1.54, 1.807) is 0 Å². The Hall–Kier alpha value is -1.97. The number of benzene rings is 2. The summed E-state index contributed by atoms with van der Waals surface area (Å²) in [5.41, 5.74) is 2.38. The van der Waals surface area contributed by atoms with Gasteiger partial charge in [0.1, 0.15) is 5.78 Å². The Balaban J connectivity index is 1.28. The maximum Gasteiger partial charge on any atom is 0.143 e. The van der Waals surface area contributed by atoms with E-state index in [1.165, 1.54) is 24.0 Å². The number of hydrogen-bond acceptors (Lipinski definition) is 3. The molecule has 3 heteroatoms. The van der Waals surface area contributed by atoms with Crippen LogP contribution >= 0.6 is 0 Å². The van der Waals surface area contributed by atoms with Crippen LogP contribution in [0.15, 0.2) is 60.7 Å². The number of carbonyl (C=O) groups is 1. The molecule has 1 atom stereocenters. The average molecular weight is 392 g/mol. The van der Waals surface area contributed by atoms with Gasteiger partial charge < -0.3 is 4.74 Å². The molecule has 2 fully saturated rings. The van der Waals surface area contributed by atoms with Gasteiger partial charge in [-0.1, -0.05) is 60.7 Å². The molecule has 2 aliphatic rings. The summed E-state index contributed by atoms with van der Waals surface area (Å²) in [6.45, 7) is 5.21. The van der Waals surface area contributed by atoms with E-state index < -0.39 is 0 Å². The van der Waals surface area contributed by atoms with Gasteiger partial charge in [-0.2, -0.15) is 0 Å². The zero-order valence-electron chi connectivity index (χ0n) is 17.6. The van der Waals surface area contributed by atoms with Crippen LogP contribution in [0.2, 0.25) is 0 Å². The van der Waals surface area contributed by atoms with Gasteiger partial charge in [-0.05, 0) is 49.7 Å². The topological polar surface area (TPSA) is 29.5 Å². The standard InChI is InChI=1S/C26H33NO2/c1-26(19-27(17-16-25(26)28)18-21-8-4-2-5-9-21)20-29-24-14-12-23(13-15-24)22-10-6-3-7-11-22/h2-11,23-24H,12-20H2,1H3/t23?,24?,26-/m0/s1. The van der Waals surface area contributed by atoms with E-state index in [1.807, 2.05) is 6.07 Å². The highest BCUT2D eigenvalue weighted by molar-refractivity contribution is 5.85. The van der Waals surface area contributed by atoms with Gasteiger partial charge in [0.2, 0.25) is 0 Å². The number of nitrogens with zero attached hydrogens (tertiary/aromatic N) is 1. The summed E-state index contributed by atoms with van der Waals surface area (Å²) in [6.07, 6.45) is 5.48. The highest BCUT2D eigenvalue weighted by atomic mass is 16.5. The molecular weight excluding hydrogens is 358 g/mol. The van der Waals surface area contributed by atoms with Crippen molar-refractivity contribution in [1.29, 1.82) is 0 Å². The molecule has 1 saturated heterocycles. The van der Waals surface area contributed by atoms with Gasteiger partial charge in [0, 0.05) is 26.1 Å². The molecule has 0 N–H and O–H groups in total. The molecule has 2 aromatic carbocycles. The number of rotatable bonds is 6. The normalized spacial score (nSPS) is 28.4. The predicted octanol–water partition coefficient (Wildman–Crippen LogP) is 5.21. The van der Waals surface area contributed by atoms with E-state index in [0.29, 0.717) is 30.8 Å². The minimum atomic E-state index is -0.386. The fourth-order valence-electron chi connectivity index (χ4n) is 4.91. The van der Waals surface area contributed by atoms with Crippen molar-refractivity contribution in [1.82, 2.24) is 4.90 Å². The van der Waals surface area contributed by atoms with E-state index in [-0.39, 0.29) is 5.41 Å². The van der Waals surface area contributed by atoms with E-state index in [2.05, 4.69) is 66.4 Å². The summed E-state index contributed by atoms with van der Waals surface area (Å²) in [4.78, 5) is 15.1. The maximum atomic E-state index is 12.7. The fourth-order valence-corrected chi connectivity index (χ4v) is 4.91. The van der Waals surface area contributed by atoms with Crippen LogP contribution in [-0.4, -0.2) is 36.5 Å². The second-order valence-corrected chi connectivity index (χ2v) is 9.13. The second-order valence-electron chi connectivity index (χ2n) is 9.13. The quantitative estimate of drug-likeness (QED) is 0.677. The molecule has 0 bridgehead atoms. The SMILES string of the molecule is C[C@@]1(COC2CCC(c3ccccc3)CC2)CN(Cc2ccccc2)CCC1=O. The van der Waals surface area contributed by atoms with Gasteiger partial charge in [0.15, 0.2) is 0 Å². The molecule has 29 heavy (non-hydrogen) atoms. The zero-order chi connectivity index (χ0) is 20.1. The number of piperidine rings is 1. The highest BCUT2D eigenvalue weighted by Gasteiger charge is 2.39. The molecule has 1 saturated carbocycles. The zero-order valence-corrected chi connectivity index (χ0v) is 17.6. The Bertz CT molecular complexity index is 783. The average Bonchev–Trinajstić information content (AvgIpc) is 2.77. The number of likely N-dealkylation sites (tertiary alicyclic amines) is 1. The third-order valence-corrected chi connectivity index (χ3v) is 6.73. The molecule has 154 valence electrons. The van der Waals surface area contributed by atoms with Gasteiger partial charge >= 0.3 is 0 Å². The molecule has 0 aromatic heterocycles. The van der Waals surface area contributed by atoms with Crippen LogP contribution in [-0.2, 0) is 16.1 Å². The first kappa shape index (κ1) is 20.3. The molecule has 1 aliphatic heterocycles. The summed E-state index contributed by atoms with van der Waals surface area (Å²) in [6, 6.07) is 21.4. The third-order valence-electron chi connectivity index (χ3n) is 6.73. The molecule has 0 radical (unpaired) electrons. The lowest BCUT2D eigenvalue weighted by Crippen LogP contribution is -2.50. The molecule has 0 amide bonds. The van der Waals surface area contributed by atoms with Gasteiger partial charge in [-0.3, -0.25) is 9.69 Å². The molecule has 2 aromatic rings. The summed E-state index contributed by atoms with van der Waals surface area (Å²) in [5.74, 6) is 1.02. The largest absolute Gasteiger partial charge is 0.377 e. The van der Waals surface area contributed by atoms with Gasteiger partial charge in [0.25, 0.3) is 0 Å². The van der Waals surface area contributed by atoms with Gasteiger partial charge in [0.05, 0.1) is 18.1 Å². The third kappa shape index (κ3) is 5.15. The molecule has 1 aliphatic carbocycles. The second kappa shape index (κ2) is 9.23. The lowest BCUT2D eigenvalue weighted by atomic mass is 9.80. The Labute approximate surface area is 175 Å². The highest BCUT2D eigenvalue weighted by Crippen LogP contribution is 2.35. The van der Waals surface area contributed by atoms with Crippen molar-refractivity contribution in [2.75, 3.05) is 19.7 Å². The summed E-state index contributed by atoms with van der Waals surface area (Å²) < 4.78 is 6.33. The van der Waals surface area contributed by atoms with Crippen molar-refractivity contribution in [2.24, 2.45) is 5.41 Å². The van der Waals surface area contributed by atoms with Crippen LogP contribution in [0.4, 0.5) is 0 Å². The van der Waals surface area contributed by atoms with Crippen molar-refractivity contribution in [3.8, 4) is 0 Å². The molecular formula is C26H33NO2. The predicted molar refractivity (Wildman–Crippen MR) is 117 cm³/mol. The van der Waals surface area contributed by atoms with Crippen molar-refractivity contribution in [2.45, 2.75) is 57.6 Å². The van der Waals surface area contributed by atoms with Crippen LogP contribution in [0.5, 0.6) is 0 Å². The maximum absolute atomic E-state index is 12.7. The Morgan fingerprint density at radius 1 is 0.966 bits per heavy atom. The molecule has 3 nitrogen and oxygen atoms in total. The van der Waals surface area contributed by atoms with E-state index in [0.717, 1.165) is 32.5 Å². The smallest absolute Gasteiger partial charge is 0.143 e. The Kier molecular flexibility index (Phi) is 6.46. The minimum Gasteiger partial charge on any atom is -0.377 e. The van der Waals surface area contributed by atoms with Crippen molar-refractivity contribution >= 4 is 5.78 Å².